The van der Waals surface area contributed by atoms with Gasteiger partial charge in [0.05, 0.1) is 4.92 Å². The second-order valence-electron chi connectivity index (χ2n) is 5.68. The molecule has 6 nitrogen and oxygen atoms in total. The van der Waals surface area contributed by atoms with E-state index in [1.807, 2.05) is 36.4 Å². The summed E-state index contributed by atoms with van der Waals surface area (Å²) in [5.41, 5.74) is 2.73. The lowest BCUT2D eigenvalue weighted by Gasteiger charge is -2.29. The number of piperazine rings is 1. The summed E-state index contributed by atoms with van der Waals surface area (Å²) in [6, 6.07) is 13.2. The molecule has 2 N–H and O–H groups in total. The van der Waals surface area contributed by atoms with Gasteiger partial charge in [0.25, 0.3) is 5.69 Å². The van der Waals surface area contributed by atoms with Crippen LogP contribution in [0.15, 0.2) is 46.9 Å². The molecule has 1 fully saturated rings. The van der Waals surface area contributed by atoms with Gasteiger partial charge in [-0.3, -0.25) is 10.1 Å². The fourth-order valence-electron chi connectivity index (χ4n) is 2.79. The first kappa shape index (κ1) is 19.5. The van der Waals surface area contributed by atoms with Crippen molar-refractivity contribution < 1.29 is 4.92 Å². The first-order valence-electron chi connectivity index (χ1n) is 7.86. The van der Waals surface area contributed by atoms with Crippen LogP contribution in [0.4, 0.5) is 17.1 Å². The molecule has 134 valence electrons. The third-order valence-electron chi connectivity index (χ3n) is 4.03. The van der Waals surface area contributed by atoms with Crippen LogP contribution in [0.1, 0.15) is 5.56 Å². The molecule has 8 heteroatoms. The van der Waals surface area contributed by atoms with Crippen LogP contribution < -0.4 is 15.5 Å². The largest absolute Gasteiger partial charge is 0.375 e. The molecule has 1 saturated heterocycles. The maximum atomic E-state index is 11.3. The minimum atomic E-state index is -0.342. The maximum absolute atomic E-state index is 11.3. The highest BCUT2D eigenvalue weighted by atomic mass is 79.9. The summed E-state index contributed by atoms with van der Waals surface area (Å²) in [5.74, 6) is 0. The number of hydrogen-bond acceptors (Lipinski definition) is 5. The molecule has 1 aliphatic heterocycles. The predicted molar refractivity (Wildman–Crippen MR) is 107 cm³/mol. The number of benzene rings is 2. The smallest absolute Gasteiger partial charge is 0.292 e. The number of halogens is 2. The van der Waals surface area contributed by atoms with E-state index in [1.165, 1.54) is 0 Å². The van der Waals surface area contributed by atoms with E-state index in [9.17, 15) is 10.1 Å². The van der Waals surface area contributed by atoms with Crippen LogP contribution in [-0.2, 0) is 6.54 Å². The van der Waals surface area contributed by atoms with Gasteiger partial charge >= 0.3 is 0 Å². The van der Waals surface area contributed by atoms with E-state index in [1.54, 1.807) is 6.07 Å². The van der Waals surface area contributed by atoms with E-state index in [0.29, 0.717) is 12.2 Å². The molecule has 3 rings (SSSR count). The third-order valence-corrected chi connectivity index (χ3v) is 4.52. The van der Waals surface area contributed by atoms with Crippen LogP contribution in [0.25, 0.3) is 0 Å². The van der Waals surface area contributed by atoms with Crippen LogP contribution in [0.5, 0.6) is 0 Å². The molecule has 0 atom stereocenters. The first-order chi connectivity index (χ1) is 11.6. The Kier molecular flexibility index (Phi) is 7.04. The van der Waals surface area contributed by atoms with E-state index >= 15 is 0 Å². The Bertz CT molecular complexity index is 738. The van der Waals surface area contributed by atoms with Crippen molar-refractivity contribution in [1.82, 2.24) is 5.32 Å². The van der Waals surface area contributed by atoms with Crippen molar-refractivity contribution in [2.24, 2.45) is 0 Å². The highest BCUT2D eigenvalue weighted by Gasteiger charge is 2.17. The van der Waals surface area contributed by atoms with Gasteiger partial charge in [-0.25, -0.2) is 0 Å². The molecule has 0 spiro atoms. The van der Waals surface area contributed by atoms with Gasteiger partial charge in [0.1, 0.15) is 5.69 Å². The summed E-state index contributed by atoms with van der Waals surface area (Å²) >= 11 is 3.44. The van der Waals surface area contributed by atoms with E-state index < -0.39 is 0 Å². The van der Waals surface area contributed by atoms with Crippen molar-refractivity contribution in [2.45, 2.75) is 6.54 Å². The Morgan fingerprint density at radius 3 is 2.64 bits per heavy atom. The van der Waals surface area contributed by atoms with Crippen molar-refractivity contribution >= 4 is 45.4 Å². The second kappa shape index (κ2) is 9.03. The number of rotatable bonds is 5. The van der Waals surface area contributed by atoms with Crippen molar-refractivity contribution in [3.63, 3.8) is 0 Å². The molecule has 0 radical (unpaired) electrons. The van der Waals surface area contributed by atoms with Gasteiger partial charge in [0.15, 0.2) is 0 Å². The average molecular weight is 428 g/mol. The molecule has 1 aliphatic rings. The Labute approximate surface area is 161 Å². The molecule has 0 aromatic heterocycles. The molecule has 25 heavy (non-hydrogen) atoms. The third kappa shape index (κ3) is 5.07. The number of hydrogen-bond donors (Lipinski definition) is 2. The van der Waals surface area contributed by atoms with Crippen LogP contribution >= 0.6 is 28.3 Å². The van der Waals surface area contributed by atoms with Gasteiger partial charge in [-0.05, 0) is 29.8 Å². The molecule has 0 bridgehead atoms. The van der Waals surface area contributed by atoms with E-state index in [4.69, 9.17) is 0 Å². The number of nitro groups is 1. The number of nitro benzene ring substituents is 1. The standard InChI is InChI=1S/C17H19BrN4O2.ClH/c18-14-3-1-2-13(10-14)12-20-16-11-15(4-5-17(16)22(23)24)21-8-6-19-7-9-21;/h1-5,10-11,19-20H,6-9,12H2;1H. The van der Waals surface area contributed by atoms with Crippen molar-refractivity contribution in [1.29, 1.82) is 0 Å². The Balaban J connectivity index is 0.00000225. The molecule has 1 heterocycles. The zero-order chi connectivity index (χ0) is 16.9. The van der Waals surface area contributed by atoms with Crippen LogP contribution in [-0.4, -0.2) is 31.1 Å². The van der Waals surface area contributed by atoms with Gasteiger partial charge < -0.3 is 15.5 Å². The quantitative estimate of drug-likeness (QED) is 0.561. The van der Waals surface area contributed by atoms with Crippen LogP contribution in [0, 0.1) is 10.1 Å². The molecular formula is C17H20BrClN4O2. The molecule has 0 saturated carbocycles. The van der Waals surface area contributed by atoms with Crippen molar-refractivity contribution in [3.8, 4) is 0 Å². The lowest BCUT2D eigenvalue weighted by molar-refractivity contribution is -0.384. The Morgan fingerprint density at radius 2 is 1.96 bits per heavy atom. The Hall–Kier alpha value is -1.83. The van der Waals surface area contributed by atoms with Crippen LogP contribution in [0.3, 0.4) is 0 Å². The van der Waals surface area contributed by atoms with Gasteiger partial charge in [-0.2, -0.15) is 0 Å². The van der Waals surface area contributed by atoms with E-state index in [2.05, 4.69) is 31.5 Å². The van der Waals surface area contributed by atoms with Crippen molar-refractivity contribution in [3.05, 3.63) is 62.6 Å². The Morgan fingerprint density at radius 1 is 1.20 bits per heavy atom. The number of nitrogens with one attached hydrogen (secondary N) is 2. The van der Waals surface area contributed by atoms with E-state index in [-0.39, 0.29) is 23.0 Å². The fourth-order valence-corrected chi connectivity index (χ4v) is 3.24. The number of anilines is 2. The molecule has 0 amide bonds. The summed E-state index contributed by atoms with van der Waals surface area (Å²) < 4.78 is 0.992. The normalized spacial score (nSPS) is 13.9. The molecule has 2 aromatic carbocycles. The topological polar surface area (TPSA) is 70.4 Å². The van der Waals surface area contributed by atoms with Gasteiger partial charge in [-0.15, -0.1) is 12.4 Å². The summed E-state index contributed by atoms with van der Waals surface area (Å²) in [5, 5.41) is 17.8. The first-order valence-corrected chi connectivity index (χ1v) is 8.65. The fraction of sp³-hybridized carbons (Fsp3) is 0.294. The molecular weight excluding hydrogens is 408 g/mol. The maximum Gasteiger partial charge on any atom is 0.292 e. The summed E-state index contributed by atoms with van der Waals surface area (Å²) in [6.07, 6.45) is 0. The van der Waals surface area contributed by atoms with Gasteiger partial charge in [0.2, 0.25) is 0 Å². The van der Waals surface area contributed by atoms with Gasteiger partial charge in [0, 0.05) is 49.0 Å². The lowest BCUT2D eigenvalue weighted by Crippen LogP contribution is -2.43. The molecule has 2 aromatic rings. The number of nitrogens with zero attached hydrogens (tertiary/aromatic N) is 2. The summed E-state index contributed by atoms with van der Waals surface area (Å²) in [7, 11) is 0. The SMILES string of the molecule is Cl.O=[N+]([O-])c1ccc(N2CCNCC2)cc1NCc1cccc(Br)c1. The summed E-state index contributed by atoms with van der Waals surface area (Å²) in [6.45, 7) is 4.20. The zero-order valence-corrected chi connectivity index (χ0v) is 16.0. The molecule has 0 aliphatic carbocycles. The van der Waals surface area contributed by atoms with E-state index in [0.717, 1.165) is 41.9 Å². The van der Waals surface area contributed by atoms with Gasteiger partial charge in [-0.1, -0.05) is 28.1 Å². The monoisotopic (exact) mass is 426 g/mol. The minimum Gasteiger partial charge on any atom is -0.375 e. The minimum absolute atomic E-state index is 0. The lowest BCUT2D eigenvalue weighted by atomic mass is 10.2. The average Bonchev–Trinajstić information content (AvgIpc) is 2.60. The second-order valence-corrected chi connectivity index (χ2v) is 6.59. The van der Waals surface area contributed by atoms with Crippen molar-refractivity contribution in [2.75, 3.05) is 36.4 Å². The highest BCUT2D eigenvalue weighted by Crippen LogP contribution is 2.30. The zero-order valence-electron chi connectivity index (χ0n) is 13.6. The molecule has 0 unspecified atom stereocenters. The highest BCUT2D eigenvalue weighted by molar-refractivity contribution is 9.10. The predicted octanol–water partition coefficient (Wildman–Crippen LogP) is 3.80. The summed E-state index contributed by atoms with van der Waals surface area (Å²) in [4.78, 5) is 13.2. The van der Waals surface area contributed by atoms with Crippen LogP contribution in [0.2, 0.25) is 0 Å².